The zero-order valence-electron chi connectivity index (χ0n) is 32.7. The number of hydrogen-bond acceptors (Lipinski definition) is 10. The Hall–Kier alpha value is -4.86. The molecule has 0 bridgehead atoms. The number of thiazole rings is 2. The Bertz CT molecular complexity index is 2080. The molecule has 0 unspecified atom stereocenters. The van der Waals surface area contributed by atoms with Gasteiger partial charge in [-0.1, -0.05) is 12.1 Å². The van der Waals surface area contributed by atoms with Gasteiger partial charge in [0.2, 0.25) is 0 Å². The number of carbonyl (C=O) groups is 2. The van der Waals surface area contributed by atoms with E-state index in [1.165, 1.54) is 33.8 Å². The summed E-state index contributed by atoms with van der Waals surface area (Å²) in [6.45, 7) is 14.7. The van der Waals surface area contributed by atoms with Crippen LogP contribution in [0, 0.1) is 27.7 Å². The van der Waals surface area contributed by atoms with Gasteiger partial charge in [0.15, 0.2) is 5.69 Å². The van der Waals surface area contributed by atoms with Gasteiger partial charge in [-0.05, 0) is 87.1 Å². The van der Waals surface area contributed by atoms with Crippen LogP contribution in [0.15, 0.2) is 63.6 Å². The lowest BCUT2D eigenvalue weighted by Crippen LogP contribution is -2.26. The third kappa shape index (κ3) is 13.7. The number of aryl methyl sites for hydroxylation is 4. The van der Waals surface area contributed by atoms with Crippen molar-refractivity contribution in [3.8, 4) is 0 Å². The third-order valence-corrected chi connectivity index (χ3v) is 10.3. The zero-order chi connectivity index (χ0) is 39.2. The summed E-state index contributed by atoms with van der Waals surface area (Å²) in [5.41, 5.74) is 10.2. The lowest BCUT2D eigenvalue weighted by Gasteiger charge is -2.11. The van der Waals surface area contributed by atoms with E-state index in [9.17, 15) is 9.59 Å². The van der Waals surface area contributed by atoms with E-state index in [1.807, 2.05) is 55.8 Å². The molecule has 0 radical (unpaired) electrons. The van der Waals surface area contributed by atoms with E-state index in [0.29, 0.717) is 31.5 Å². The Kier molecular flexibility index (Phi) is 17.7. The Labute approximate surface area is 342 Å². The van der Waals surface area contributed by atoms with Crippen LogP contribution in [0.25, 0.3) is 0 Å². The molecule has 55 heavy (non-hydrogen) atoms. The number of aromatic nitrogens is 4. The van der Waals surface area contributed by atoms with E-state index in [0.717, 1.165) is 62.4 Å². The zero-order valence-corrected chi connectivity index (χ0v) is 36.0. The summed E-state index contributed by atoms with van der Waals surface area (Å²) < 4.78 is 0. The van der Waals surface area contributed by atoms with Gasteiger partial charge in [-0.15, -0.1) is 39.7 Å². The van der Waals surface area contributed by atoms with Crippen LogP contribution in [0.2, 0.25) is 0 Å². The molecule has 3 heterocycles. The van der Waals surface area contributed by atoms with Crippen LogP contribution in [0.3, 0.4) is 0 Å². The van der Waals surface area contributed by atoms with E-state index >= 15 is 0 Å². The molecule has 0 saturated carbocycles. The van der Waals surface area contributed by atoms with Crippen LogP contribution in [0.4, 0.5) is 11.4 Å². The number of aliphatic imine (C=N–C) groups is 2. The minimum Gasteiger partial charge on any atom is -0.476 e. The van der Waals surface area contributed by atoms with Crippen molar-refractivity contribution in [2.45, 2.75) is 60.8 Å². The molecule has 5 rings (SSSR count). The van der Waals surface area contributed by atoms with Crippen molar-refractivity contribution >= 4 is 75.6 Å². The summed E-state index contributed by atoms with van der Waals surface area (Å²) >= 11 is 2.89. The number of aromatic carboxylic acids is 1. The highest BCUT2D eigenvalue weighted by Gasteiger charge is 2.14. The van der Waals surface area contributed by atoms with Crippen molar-refractivity contribution in [1.29, 1.82) is 0 Å². The van der Waals surface area contributed by atoms with Gasteiger partial charge in [-0.25, -0.2) is 24.7 Å². The van der Waals surface area contributed by atoms with E-state index in [4.69, 9.17) is 5.11 Å². The standard InChI is InChI=1S/C23H28N6OS.C17H21N3O2S.BrH/c1-5-29(4)15-27-20-11-16(2)18(10-17(20)3)12-22-28-21(14-31-22)23(30)26-7-6-19-13-24-8-9-25-19;1-5-20(4)10-18-14-7-11(2)13(6-12(14)3)8-16-19-15(9-23-16)17(21)22;/h8-11,13-15H,5-7,12H2,1-4H3,(H,26,30);6-7,9-10H,5,8H2,1-4H3,(H,21,22);1H. The SMILES string of the molecule is Br.CCN(C)C=Nc1cc(C)c(Cc2nc(C(=O)NCCc3cnccn3)cs2)cc1C.CCN(C)C=Nc1cc(C)c(Cc2nc(C(=O)O)cs2)cc1C. The van der Waals surface area contributed by atoms with Gasteiger partial charge in [-0.3, -0.25) is 14.8 Å². The van der Waals surface area contributed by atoms with Gasteiger partial charge >= 0.3 is 5.97 Å². The number of nitrogens with zero attached hydrogens (tertiary/aromatic N) is 8. The summed E-state index contributed by atoms with van der Waals surface area (Å²) in [4.78, 5) is 53.4. The molecule has 0 aliphatic rings. The summed E-state index contributed by atoms with van der Waals surface area (Å²) in [6.07, 6.45) is 10.7. The smallest absolute Gasteiger partial charge is 0.355 e. The molecular weight excluding hydrogens is 799 g/mol. The number of halogens is 1. The second-order valence-corrected chi connectivity index (χ2v) is 14.8. The van der Waals surface area contributed by atoms with Crippen molar-refractivity contribution < 1.29 is 14.7 Å². The van der Waals surface area contributed by atoms with Gasteiger partial charge in [0.25, 0.3) is 5.91 Å². The van der Waals surface area contributed by atoms with Crippen LogP contribution in [-0.2, 0) is 19.3 Å². The maximum absolute atomic E-state index is 12.4. The number of carbonyl (C=O) groups excluding carboxylic acids is 1. The predicted octanol–water partition coefficient (Wildman–Crippen LogP) is 7.96. The van der Waals surface area contributed by atoms with Gasteiger partial charge in [-0.2, -0.15) is 0 Å². The van der Waals surface area contributed by atoms with E-state index in [2.05, 4.69) is 87.2 Å². The number of benzene rings is 2. The van der Waals surface area contributed by atoms with Crippen molar-refractivity contribution in [3.63, 3.8) is 0 Å². The minimum atomic E-state index is -0.981. The van der Waals surface area contributed by atoms with Crippen LogP contribution < -0.4 is 5.32 Å². The fourth-order valence-electron chi connectivity index (χ4n) is 5.03. The quantitative estimate of drug-likeness (QED) is 0.0791. The number of carboxylic acids is 1. The molecule has 0 aliphatic heterocycles. The van der Waals surface area contributed by atoms with Crippen molar-refractivity contribution in [3.05, 3.63) is 114 Å². The molecule has 0 saturated heterocycles. The fraction of sp³-hybridized carbons (Fsp3) is 0.350. The van der Waals surface area contributed by atoms with Crippen LogP contribution in [-0.4, -0.2) is 93.1 Å². The monoisotopic (exact) mass is 847 g/mol. The molecule has 2 N–H and O–H groups in total. The highest BCUT2D eigenvalue weighted by molar-refractivity contribution is 8.93. The predicted molar refractivity (Wildman–Crippen MR) is 230 cm³/mol. The lowest BCUT2D eigenvalue weighted by molar-refractivity contribution is 0.0690. The van der Waals surface area contributed by atoms with Gasteiger partial charge in [0.05, 0.1) is 39.8 Å². The van der Waals surface area contributed by atoms with Crippen LogP contribution >= 0.6 is 39.7 Å². The molecule has 0 fully saturated rings. The molecule has 0 spiro atoms. The molecule has 12 nitrogen and oxygen atoms in total. The number of nitrogens with one attached hydrogen (secondary N) is 1. The topological polar surface area (TPSA) is 149 Å². The van der Waals surface area contributed by atoms with Crippen molar-refractivity contribution in [1.82, 2.24) is 35.1 Å². The molecule has 1 amide bonds. The first-order valence-corrected chi connectivity index (χ1v) is 19.5. The molecule has 5 aromatic rings. The van der Waals surface area contributed by atoms with Crippen LogP contribution in [0.5, 0.6) is 0 Å². The number of hydrogen-bond donors (Lipinski definition) is 2. The third-order valence-electron chi connectivity index (χ3n) is 8.62. The Morgan fingerprint density at radius 2 is 1.29 bits per heavy atom. The summed E-state index contributed by atoms with van der Waals surface area (Å²) in [5.74, 6) is -1.14. The second kappa shape index (κ2) is 21.9. The summed E-state index contributed by atoms with van der Waals surface area (Å²) in [5, 5.41) is 17.0. The van der Waals surface area contributed by atoms with Crippen molar-refractivity contribution in [2.75, 3.05) is 33.7 Å². The lowest BCUT2D eigenvalue weighted by atomic mass is 10.0. The fourth-order valence-corrected chi connectivity index (χ4v) is 6.62. The highest BCUT2D eigenvalue weighted by Crippen LogP contribution is 2.27. The molecule has 0 aliphatic carbocycles. The average Bonchev–Trinajstić information content (AvgIpc) is 3.84. The first-order chi connectivity index (χ1) is 25.9. The molecular formula is C40H50BrN9O3S2. The summed E-state index contributed by atoms with van der Waals surface area (Å²) in [7, 11) is 3.99. The molecule has 15 heteroatoms. The Balaban J connectivity index is 0.000000303. The van der Waals surface area contributed by atoms with Gasteiger partial charge < -0.3 is 20.2 Å². The maximum Gasteiger partial charge on any atom is 0.355 e. The average molecular weight is 849 g/mol. The molecule has 0 atom stereocenters. The van der Waals surface area contributed by atoms with Gasteiger partial charge in [0.1, 0.15) is 5.69 Å². The number of amides is 1. The number of carboxylic acid groups (broad SMARTS) is 1. The summed E-state index contributed by atoms with van der Waals surface area (Å²) in [6, 6.07) is 8.44. The first-order valence-electron chi connectivity index (χ1n) is 17.7. The maximum atomic E-state index is 12.4. The second-order valence-electron chi connectivity index (χ2n) is 12.9. The first kappa shape index (κ1) is 44.5. The van der Waals surface area contributed by atoms with Crippen molar-refractivity contribution in [2.24, 2.45) is 9.98 Å². The largest absolute Gasteiger partial charge is 0.476 e. The Morgan fingerprint density at radius 1 is 0.782 bits per heavy atom. The number of rotatable bonds is 15. The minimum absolute atomic E-state index is 0. The molecule has 292 valence electrons. The highest BCUT2D eigenvalue weighted by atomic mass is 79.9. The normalized spacial score (nSPS) is 10.9. The molecule has 2 aromatic carbocycles. The van der Waals surface area contributed by atoms with Crippen LogP contribution in [0.1, 0.15) is 83.9 Å². The van der Waals surface area contributed by atoms with Gasteiger partial charge in [0, 0.05) is 82.3 Å². The van der Waals surface area contributed by atoms with E-state index in [1.54, 1.807) is 24.0 Å². The van der Waals surface area contributed by atoms with E-state index < -0.39 is 5.97 Å². The van der Waals surface area contributed by atoms with E-state index in [-0.39, 0.29) is 28.6 Å². The molecule has 3 aromatic heterocycles. The Morgan fingerprint density at radius 3 is 1.75 bits per heavy atom.